The summed E-state index contributed by atoms with van der Waals surface area (Å²) in [6.45, 7) is 11.7. The fourth-order valence-electron chi connectivity index (χ4n) is 5.52. The molecule has 0 saturated carbocycles. The zero-order valence-corrected chi connectivity index (χ0v) is 20.7. The minimum Gasteiger partial charge on any atom is -0.375 e. The van der Waals surface area contributed by atoms with Gasteiger partial charge in [0.05, 0.1) is 5.60 Å². The van der Waals surface area contributed by atoms with Crippen LogP contribution in [0.3, 0.4) is 0 Å². The van der Waals surface area contributed by atoms with Gasteiger partial charge in [-0.2, -0.15) is 0 Å². The predicted octanol–water partition coefficient (Wildman–Crippen LogP) is 4.11. The first-order valence-electron chi connectivity index (χ1n) is 12.4. The number of aromatic nitrogens is 1. The Kier molecular flexibility index (Phi) is 7.65. The van der Waals surface area contributed by atoms with E-state index in [0.29, 0.717) is 19.6 Å². The summed E-state index contributed by atoms with van der Waals surface area (Å²) < 4.78 is 20.8. The average Bonchev–Trinajstić information content (AvgIpc) is 2.83. The number of carbonyl (C=O) groups is 1. The normalized spacial score (nSPS) is 23.5. The number of hydrogen-bond donors (Lipinski definition) is 0. The van der Waals surface area contributed by atoms with E-state index in [1.807, 2.05) is 13.0 Å². The van der Waals surface area contributed by atoms with Crippen molar-refractivity contribution in [1.29, 1.82) is 0 Å². The molecule has 0 N–H and O–H groups in total. The van der Waals surface area contributed by atoms with Crippen LogP contribution in [-0.4, -0.2) is 71.2 Å². The lowest BCUT2D eigenvalue weighted by molar-refractivity contribution is -0.130. The van der Waals surface area contributed by atoms with Gasteiger partial charge in [-0.05, 0) is 44.4 Å². The lowest BCUT2D eigenvalue weighted by Crippen LogP contribution is -2.66. The number of benzene rings is 1. The van der Waals surface area contributed by atoms with Crippen LogP contribution in [0, 0.1) is 5.82 Å². The smallest absolute Gasteiger partial charge is 0.228 e. The highest BCUT2D eigenvalue weighted by atomic mass is 19.1. The summed E-state index contributed by atoms with van der Waals surface area (Å²) in [4.78, 5) is 23.9. The van der Waals surface area contributed by atoms with E-state index in [0.717, 1.165) is 45.6 Å². The second-order valence-electron chi connectivity index (χ2n) is 10.2. The number of ether oxygens (including phenoxy) is 1. The van der Waals surface area contributed by atoms with E-state index in [2.05, 4.69) is 52.9 Å². The summed E-state index contributed by atoms with van der Waals surface area (Å²) in [7, 11) is 0. The van der Waals surface area contributed by atoms with Crippen molar-refractivity contribution in [1.82, 2.24) is 14.8 Å². The van der Waals surface area contributed by atoms with E-state index < -0.39 is 5.82 Å². The van der Waals surface area contributed by atoms with E-state index in [4.69, 9.17) is 4.74 Å². The fraction of sp³-hybridized carbons (Fsp3) is 0.556. The van der Waals surface area contributed by atoms with Crippen molar-refractivity contribution in [2.24, 2.45) is 0 Å². The highest BCUT2D eigenvalue weighted by Gasteiger charge is 2.47. The third kappa shape index (κ3) is 5.65. The number of nitrogens with zero attached hydrogens (tertiary/aromatic N) is 4. The molecule has 2 aromatic rings. The number of halogens is 1. The Morgan fingerprint density at radius 1 is 1.12 bits per heavy atom. The Balaban J connectivity index is 1.57. The van der Waals surface area contributed by atoms with Crippen LogP contribution in [0.2, 0.25) is 0 Å². The van der Waals surface area contributed by atoms with Gasteiger partial charge in [-0.15, -0.1) is 0 Å². The molecule has 0 bridgehead atoms. The SMILES string of the molecule is CCC(=O)N(CC1(N2CCN(Cc3ccccc3)CC2)CCOC(C)(C)C1)c1ncccc1F. The highest BCUT2D eigenvalue weighted by Crippen LogP contribution is 2.39. The van der Waals surface area contributed by atoms with Crippen LogP contribution >= 0.6 is 0 Å². The first kappa shape index (κ1) is 24.8. The Bertz CT molecular complexity index is 962. The molecule has 0 aliphatic carbocycles. The summed E-state index contributed by atoms with van der Waals surface area (Å²) in [6.07, 6.45) is 3.44. The molecular formula is C27H37FN4O2. The second-order valence-corrected chi connectivity index (χ2v) is 10.2. The largest absolute Gasteiger partial charge is 0.375 e. The van der Waals surface area contributed by atoms with Crippen LogP contribution in [0.15, 0.2) is 48.7 Å². The summed E-state index contributed by atoms with van der Waals surface area (Å²) >= 11 is 0. The quantitative estimate of drug-likeness (QED) is 0.612. The Hall–Kier alpha value is -2.35. The van der Waals surface area contributed by atoms with Crippen molar-refractivity contribution >= 4 is 11.7 Å². The minimum atomic E-state index is -0.460. The van der Waals surface area contributed by atoms with Crippen LogP contribution in [0.5, 0.6) is 0 Å². The van der Waals surface area contributed by atoms with Crippen LogP contribution in [0.25, 0.3) is 0 Å². The van der Waals surface area contributed by atoms with Crippen LogP contribution in [0.1, 0.15) is 45.6 Å². The maximum Gasteiger partial charge on any atom is 0.228 e. The number of pyridine rings is 1. The zero-order chi connectivity index (χ0) is 24.2. The summed E-state index contributed by atoms with van der Waals surface area (Å²) in [5.41, 5.74) is 0.710. The first-order valence-corrected chi connectivity index (χ1v) is 12.4. The molecule has 2 fully saturated rings. The van der Waals surface area contributed by atoms with Crippen molar-refractivity contribution in [3.05, 3.63) is 60.0 Å². The first-order chi connectivity index (χ1) is 16.3. The van der Waals surface area contributed by atoms with E-state index >= 15 is 0 Å². The zero-order valence-electron chi connectivity index (χ0n) is 20.7. The third-order valence-corrected chi connectivity index (χ3v) is 7.16. The highest BCUT2D eigenvalue weighted by molar-refractivity contribution is 5.92. The monoisotopic (exact) mass is 468 g/mol. The number of hydrogen-bond acceptors (Lipinski definition) is 5. The second kappa shape index (κ2) is 10.5. The Morgan fingerprint density at radius 2 is 1.85 bits per heavy atom. The van der Waals surface area contributed by atoms with Crippen LogP contribution in [-0.2, 0) is 16.1 Å². The summed E-state index contributed by atoms with van der Waals surface area (Å²) in [5.74, 6) is -0.442. The van der Waals surface area contributed by atoms with Crippen molar-refractivity contribution in [2.45, 2.75) is 57.7 Å². The molecule has 0 radical (unpaired) electrons. The van der Waals surface area contributed by atoms with Crippen molar-refractivity contribution in [3.63, 3.8) is 0 Å². The van der Waals surface area contributed by atoms with Gasteiger partial charge in [0.15, 0.2) is 11.6 Å². The minimum absolute atomic E-state index is 0.107. The van der Waals surface area contributed by atoms with Gasteiger partial charge in [-0.25, -0.2) is 9.37 Å². The summed E-state index contributed by atoms with van der Waals surface area (Å²) in [6, 6.07) is 13.5. The lowest BCUT2D eigenvalue weighted by Gasteiger charge is -2.54. The number of amides is 1. The molecule has 184 valence electrons. The van der Waals surface area contributed by atoms with Gasteiger partial charge < -0.3 is 4.74 Å². The van der Waals surface area contributed by atoms with Crippen LogP contribution < -0.4 is 4.90 Å². The van der Waals surface area contributed by atoms with E-state index in [1.165, 1.54) is 11.6 Å². The van der Waals surface area contributed by atoms with Crippen molar-refractivity contribution in [2.75, 3.05) is 44.2 Å². The van der Waals surface area contributed by atoms with Gasteiger partial charge in [0.1, 0.15) is 0 Å². The third-order valence-electron chi connectivity index (χ3n) is 7.16. The van der Waals surface area contributed by atoms with E-state index in [1.54, 1.807) is 17.2 Å². The molecule has 2 aliphatic rings. The number of anilines is 1. The molecule has 34 heavy (non-hydrogen) atoms. The molecule has 1 aromatic carbocycles. The standard InChI is InChI=1S/C27H37FN4O2/c1-4-24(33)32(25-23(28)11-8-13-29-25)21-27(12-18-34-26(2,3)20-27)31-16-14-30(15-17-31)19-22-9-6-5-7-10-22/h5-11,13H,4,12,14-21H2,1-3H3. The average molecular weight is 469 g/mol. The van der Waals surface area contributed by atoms with Crippen LogP contribution in [0.4, 0.5) is 10.2 Å². The number of rotatable bonds is 7. The van der Waals surface area contributed by atoms with Crippen molar-refractivity contribution < 1.29 is 13.9 Å². The van der Waals surface area contributed by atoms with Gasteiger partial charge in [-0.3, -0.25) is 19.5 Å². The van der Waals surface area contributed by atoms with Gasteiger partial charge in [0, 0.05) is 64.0 Å². The maximum absolute atomic E-state index is 14.8. The van der Waals surface area contributed by atoms with Gasteiger partial charge in [-0.1, -0.05) is 37.3 Å². The molecule has 1 amide bonds. The molecule has 0 spiro atoms. The molecule has 1 unspecified atom stereocenters. The molecule has 2 aliphatic heterocycles. The van der Waals surface area contributed by atoms with Crippen molar-refractivity contribution in [3.8, 4) is 0 Å². The Labute approximate surface area is 202 Å². The number of carbonyl (C=O) groups excluding carboxylic acids is 1. The van der Waals surface area contributed by atoms with E-state index in [9.17, 15) is 9.18 Å². The van der Waals surface area contributed by atoms with E-state index in [-0.39, 0.29) is 22.9 Å². The number of piperazine rings is 1. The lowest BCUT2D eigenvalue weighted by atomic mass is 9.78. The molecule has 3 heterocycles. The molecular weight excluding hydrogens is 431 g/mol. The Morgan fingerprint density at radius 3 is 2.50 bits per heavy atom. The topological polar surface area (TPSA) is 48.9 Å². The predicted molar refractivity (Wildman–Crippen MR) is 132 cm³/mol. The molecule has 4 rings (SSSR count). The summed E-state index contributed by atoms with van der Waals surface area (Å²) in [5, 5.41) is 0. The van der Waals surface area contributed by atoms with Gasteiger partial charge >= 0.3 is 0 Å². The molecule has 6 nitrogen and oxygen atoms in total. The molecule has 1 aromatic heterocycles. The fourth-order valence-corrected chi connectivity index (χ4v) is 5.52. The molecule has 2 saturated heterocycles. The molecule has 7 heteroatoms. The van der Waals surface area contributed by atoms with Gasteiger partial charge in [0.2, 0.25) is 5.91 Å². The molecule has 1 atom stereocenters. The van der Waals surface area contributed by atoms with Gasteiger partial charge in [0.25, 0.3) is 0 Å². The maximum atomic E-state index is 14.8.